The normalized spacial score (nSPS) is 10.8. The average Bonchev–Trinajstić information content (AvgIpc) is 2.91. The molecular formula is C16H13ClFN3. The number of hydrogen-bond donors (Lipinski definition) is 1. The van der Waals surface area contributed by atoms with Crippen LogP contribution in [0.15, 0.2) is 54.9 Å². The van der Waals surface area contributed by atoms with Crippen LogP contribution in [0.5, 0.6) is 0 Å². The van der Waals surface area contributed by atoms with Crippen LogP contribution in [0, 0.1) is 5.82 Å². The van der Waals surface area contributed by atoms with Crippen LogP contribution in [-0.2, 0) is 6.54 Å². The van der Waals surface area contributed by atoms with E-state index >= 15 is 0 Å². The van der Waals surface area contributed by atoms with Gasteiger partial charge < -0.3 is 5.73 Å². The molecule has 106 valence electrons. The molecular weight excluding hydrogens is 289 g/mol. The fourth-order valence-corrected chi connectivity index (χ4v) is 2.33. The van der Waals surface area contributed by atoms with E-state index in [0.717, 1.165) is 11.1 Å². The summed E-state index contributed by atoms with van der Waals surface area (Å²) in [6.45, 7) is 0.416. The van der Waals surface area contributed by atoms with Crippen molar-refractivity contribution in [3.8, 4) is 11.1 Å². The predicted molar refractivity (Wildman–Crippen MR) is 82.6 cm³/mol. The maximum Gasteiger partial charge on any atom is 0.123 e. The Kier molecular flexibility index (Phi) is 3.62. The third kappa shape index (κ3) is 3.06. The van der Waals surface area contributed by atoms with Gasteiger partial charge in [0.15, 0.2) is 0 Å². The van der Waals surface area contributed by atoms with Gasteiger partial charge in [0.05, 0.1) is 12.7 Å². The van der Waals surface area contributed by atoms with Crippen molar-refractivity contribution in [2.45, 2.75) is 6.54 Å². The van der Waals surface area contributed by atoms with Crippen molar-refractivity contribution in [3.05, 3.63) is 71.3 Å². The molecule has 3 rings (SSSR count). The van der Waals surface area contributed by atoms with E-state index in [2.05, 4.69) is 5.10 Å². The molecule has 2 N–H and O–H groups in total. The van der Waals surface area contributed by atoms with Gasteiger partial charge in [-0.15, -0.1) is 0 Å². The van der Waals surface area contributed by atoms with E-state index < -0.39 is 0 Å². The zero-order valence-electron chi connectivity index (χ0n) is 11.1. The first-order valence-electron chi connectivity index (χ1n) is 6.44. The molecule has 0 bridgehead atoms. The molecule has 0 fully saturated rings. The SMILES string of the molecule is Nc1cccc(-c2cnn(Cc3cc(F)ccc3Cl)c2)c1. The van der Waals surface area contributed by atoms with E-state index in [1.807, 2.05) is 30.5 Å². The van der Waals surface area contributed by atoms with E-state index in [0.29, 0.717) is 22.8 Å². The third-order valence-electron chi connectivity index (χ3n) is 3.19. The number of halogens is 2. The van der Waals surface area contributed by atoms with Crippen molar-refractivity contribution >= 4 is 17.3 Å². The van der Waals surface area contributed by atoms with Gasteiger partial charge in [-0.3, -0.25) is 4.68 Å². The van der Waals surface area contributed by atoms with Gasteiger partial charge in [-0.1, -0.05) is 23.7 Å². The first-order valence-corrected chi connectivity index (χ1v) is 6.82. The Labute approximate surface area is 126 Å². The summed E-state index contributed by atoms with van der Waals surface area (Å²) in [5.74, 6) is -0.308. The van der Waals surface area contributed by atoms with Gasteiger partial charge in [0.2, 0.25) is 0 Å². The number of benzene rings is 2. The lowest BCUT2D eigenvalue weighted by Gasteiger charge is -2.04. The topological polar surface area (TPSA) is 43.8 Å². The van der Waals surface area contributed by atoms with E-state index in [4.69, 9.17) is 17.3 Å². The molecule has 0 aliphatic rings. The molecule has 3 nitrogen and oxygen atoms in total. The molecule has 0 aliphatic heterocycles. The van der Waals surface area contributed by atoms with Crippen molar-refractivity contribution in [2.75, 3.05) is 5.73 Å². The van der Waals surface area contributed by atoms with Crippen molar-refractivity contribution in [1.82, 2.24) is 9.78 Å². The average molecular weight is 302 g/mol. The van der Waals surface area contributed by atoms with Crippen molar-refractivity contribution in [2.24, 2.45) is 0 Å². The van der Waals surface area contributed by atoms with Gasteiger partial charge in [-0.05, 0) is 41.5 Å². The summed E-state index contributed by atoms with van der Waals surface area (Å²) in [5.41, 5.74) is 9.12. The van der Waals surface area contributed by atoms with Gasteiger partial charge >= 0.3 is 0 Å². The predicted octanol–water partition coefficient (Wildman–Crippen LogP) is 3.97. The second-order valence-corrected chi connectivity index (χ2v) is 5.19. The van der Waals surface area contributed by atoms with Crippen LogP contribution < -0.4 is 5.73 Å². The minimum atomic E-state index is -0.308. The Morgan fingerprint density at radius 2 is 2.00 bits per heavy atom. The Hall–Kier alpha value is -2.33. The maximum absolute atomic E-state index is 13.3. The lowest BCUT2D eigenvalue weighted by atomic mass is 10.1. The molecule has 0 spiro atoms. The second kappa shape index (κ2) is 5.58. The van der Waals surface area contributed by atoms with Gasteiger partial charge in [-0.2, -0.15) is 5.10 Å². The van der Waals surface area contributed by atoms with Gasteiger partial charge in [0.25, 0.3) is 0 Å². The third-order valence-corrected chi connectivity index (χ3v) is 3.56. The molecule has 0 aliphatic carbocycles. The molecule has 5 heteroatoms. The maximum atomic E-state index is 13.3. The molecule has 0 radical (unpaired) electrons. The Balaban J connectivity index is 1.87. The van der Waals surface area contributed by atoms with Crippen LogP contribution in [0.1, 0.15) is 5.56 Å². The smallest absolute Gasteiger partial charge is 0.123 e. The molecule has 0 saturated heterocycles. The Morgan fingerprint density at radius 3 is 2.81 bits per heavy atom. The van der Waals surface area contributed by atoms with E-state index in [9.17, 15) is 4.39 Å². The quantitative estimate of drug-likeness (QED) is 0.744. The highest BCUT2D eigenvalue weighted by molar-refractivity contribution is 6.31. The monoisotopic (exact) mass is 301 g/mol. The number of aromatic nitrogens is 2. The molecule has 3 aromatic rings. The first kappa shape index (κ1) is 13.6. The summed E-state index contributed by atoms with van der Waals surface area (Å²) >= 11 is 6.07. The second-order valence-electron chi connectivity index (χ2n) is 4.79. The molecule has 0 amide bonds. The fourth-order valence-electron chi connectivity index (χ4n) is 2.16. The largest absolute Gasteiger partial charge is 0.399 e. The zero-order chi connectivity index (χ0) is 14.8. The summed E-state index contributed by atoms with van der Waals surface area (Å²) in [7, 11) is 0. The molecule has 1 heterocycles. The van der Waals surface area contributed by atoms with Crippen LogP contribution in [-0.4, -0.2) is 9.78 Å². The molecule has 1 aromatic heterocycles. The molecule has 0 saturated carbocycles. The number of rotatable bonds is 3. The molecule has 2 aromatic carbocycles. The van der Waals surface area contributed by atoms with Crippen LogP contribution >= 0.6 is 11.6 Å². The van der Waals surface area contributed by atoms with Gasteiger partial charge in [0.1, 0.15) is 5.82 Å². The lowest BCUT2D eigenvalue weighted by molar-refractivity contribution is 0.619. The van der Waals surface area contributed by atoms with Crippen LogP contribution in [0.3, 0.4) is 0 Å². The van der Waals surface area contributed by atoms with Crippen LogP contribution in [0.25, 0.3) is 11.1 Å². The molecule has 0 atom stereocenters. The fraction of sp³-hybridized carbons (Fsp3) is 0.0625. The van der Waals surface area contributed by atoms with Crippen LogP contribution in [0.4, 0.5) is 10.1 Å². The minimum absolute atomic E-state index is 0.308. The Bertz CT molecular complexity index is 783. The summed E-state index contributed by atoms with van der Waals surface area (Å²) in [5, 5.41) is 4.81. The highest BCUT2D eigenvalue weighted by Gasteiger charge is 2.06. The molecule has 21 heavy (non-hydrogen) atoms. The van der Waals surface area contributed by atoms with Crippen molar-refractivity contribution < 1.29 is 4.39 Å². The number of nitrogens with two attached hydrogens (primary N) is 1. The summed E-state index contributed by atoms with van der Waals surface area (Å²) in [4.78, 5) is 0. The van der Waals surface area contributed by atoms with Crippen LogP contribution in [0.2, 0.25) is 5.02 Å². The highest BCUT2D eigenvalue weighted by atomic mass is 35.5. The standard InChI is InChI=1S/C16H13ClFN3/c17-16-5-4-14(18)6-12(16)9-21-10-13(8-20-21)11-2-1-3-15(19)7-11/h1-8,10H,9,19H2. The molecule has 0 unspecified atom stereocenters. The van der Waals surface area contributed by atoms with E-state index in [1.165, 1.54) is 12.1 Å². The summed E-state index contributed by atoms with van der Waals surface area (Å²) in [6, 6.07) is 11.9. The number of hydrogen-bond acceptors (Lipinski definition) is 2. The summed E-state index contributed by atoms with van der Waals surface area (Å²) < 4.78 is 15.0. The number of nitrogens with zero attached hydrogens (tertiary/aromatic N) is 2. The van der Waals surface area contributed by atoms with Gasteiger partial charge in [-0.25, -0.2) is 4.39 Å². The summed E-state index contributed by atoms with van der Waals surface area (Å²) in [6.07, 6.45) is 3.64. The van der Waals surface area contributed by atoms with E-state index in [-0.39, 0.29) is 5.82 Å². The van der Waals surface area contributed by atoms with Crippen molar-refractivity contribution in [3.63, 3.8) is 0 Å². The lowest BCUT2D eigenvalue weighted by Crippen LogP contribution is -2.01. The Morgan fingerprint density at radius 1 is 1.14 bits per heavy atom. The highest BCUT2D eigenvalue weighted by Crippen LogP contribution is 2.22. The van der Waals surface area contributed by atoms with Crippen molar-refractivity contribution in [1.29, 1.82) is 0 Å². The minimum Gasteiger partial charge on any atom is -0.399 e. The van der Waals surface area contributed by atoms with E-state index in [1.54, 1.807) is 16.9 Å². The first-order chi connectivity index (χ1) is 10.1. The number of anilines is 1. The van der Waals surface area contributed by atoms with Gasteiger partial charge in [0, 0.05) is 22.5 Å². The number of nitrogen functional groups attached to an aromatic ring is 1. The zero-order valence-corrected chi connectivity index (χ0v) is 11.9.